The number of aromatic nitrogens is 2. The summed E-state index contributed by atoms with van der Waals surface area (Å²) in [6.07, 6.45) is 9.05. The van der Waals surface area contributed by atoms with Crippen molar-refractivity contribution < 1.29 is 4.79 Å². The third-order valence-corrected chi connectivity index (χ3v) is 4.13. The number of nitrogens with zero attached hydrogens (tertiary/aromatic N) is 2. The summed E-state index contributed by atoms with van der Waals surface area (Å²) in [6.45, 7) is 3.25. The number of carbonyl (C=O) groups is 1. The quantitative estimate of drug-likeness (QED) is 0.666. The number of nitrogens with one attached hydrogen (secondary N) is 3. The van der Waals surface area contributed by atoms with Gasteiger partial charge in [0.05, 0.1) is 12.4 Å². The molecule has 1 aliphatic carbocycles. The first kappa shape index (κ1) is 12.6. The first-order valence-electron chi connectivity index (χ1n) is 7.00. The Balaban J connectivity index is 1.44. The van der Waals surface area contributed by atoms with Gasteiger partial charge in [-0.3, -0.25) is 4.79 Å². The molecule has 3 N–H and O–H groups in total. The maximum Gasteiger partial charge on any atom is 0.238 e. The number of amides is 1. The van der Waals surface area contributed by atoms with E-state index in [9.17, 15) is 4.79 Å². The predicted octanol–water partition coefficient (Wildman–Crippen LogP) is -0.560. The number of carbonyl (C=O) groups excluding carboxylic acids is 1. The highest BCUT2D eigenvalue weighted by molar-refractivity contribution is 5.82. The smallest absolute Gasteiger partial charge is 0.238 e. The van der Waals surface area contributed by atoms with Gasteiger partial charge in [0.2, 0.25) is 5.91 Å². The number of hydrogen-bond donors (Lipinski definition) is 3. The van der Waals surface area contributed by atoms with Gasteiger partial charge in [-0.2, -0.15) is 0 Å². The molecule has 1 saturated heterocycles. The van der Waals surface area contributed by atoms with Crippen LogP contribution in [0.2, 0.25) is 0 Å². The molecule has 2 fully saturated rings. The summed E-state index contributed by atoms with van der Waals surface area (Å²) < 4.78 is 2.18. The second kappa shape index (κ2) is 5.30. The highest BCUT2D eigenvalue weighted by atomic mass is 16.2. The number of piperazine rings is 1. The fourth-order valence-corrected chi connectivity index (χ4v) is 2.70. The first-order chi connectivity index (χ1) is 9.30. The highest BCUT2D eigenvalue weighted by Crippen LogP contribution is 2.46. The van der Waals surface area contributed by atoms with E-state index >= 15 is 0 Å². The molecular formula is C13H21N5O. The van der Waals surface area contributed by atoms with Gasteiger partial charge in [-0.25, -0.2) is 4.98 Å². The van der Waals surface area contributed by atoms with E-state index in [2.05, 4.69) is 25.5 Å². The van der Waals surface area contributed by atoms with Crippen LogP contribution in [0.15, 0.2) is 18.7 Å². The van der Waals surface area contributed by atoms with Gasteiger partial charge in [0.1, 0.15) is 0 Å². The van der Waals surface area contributed by atoms with E-state index in [1.807, 2.05) is 18.7 Å². The van der Waals surface area contributed by atoms with Crippen molar-refractivity contribution in [3.05, 3.63) is 18.7 Å². The van der Waals surface area contributed by atoms with Crippen molar-refractivity contribution in [2.45, 2.75) is 30.8 Å². The van der Waals surface area contributed by atoms with Gasteiger partial charge in [-0.05, 0) is 19.3 Å². The largest absolute Gasteiger partial charge is 0.355 e. The number of rotatable bonds is 5. The molecule has 0 spiro atoms. The minimum absolute atomic E-state index is 0.0860. The molecule has 19 heavy (non-hydrogen) atoms. The zero-order valence-corrected chi connectivity index (χ0v) is 11.1. The molecule has 1 saturated carbocycles. The van der Waals surface area contributed by atoms with E-state index in [0.29, 0.717) is 0 Å². The van der Waals surface area contributed by atoms with Crippen LogP contribution in [-0.4, -0.2) is 47.7 Å². The Morgan fingerprint density at radius 1 is 1.47 bits per heavy atom. The molecule has 1 amide bonds. The first-order valence-corrected chi connectivity index (χ1v) is 7.00. The maximum absolute atomic E-state index is 12.0. The summed E-state index contributed by atoms with van der Waals surface area (Å²) in [5.41, 5.74) is 0.210. The lowest BCUT2D eigenvalue weighted by Gasteiger charge is -2.24. The Hall–Kier alpha value is -1.40. The lowest BCUT2D eigenvalue weighted by atomic mass is 10.1. The Morgan fingerprint density at radius 2 is 2.37 bits per heavy atom. The molecule has 6 heteroatoms. The molecule has 6 nitrogen and oxygen atoms in total. The van der Waals surface area contributed by atoms with Crippen molar-refractivity contribution in [3.63, 3.8) is 0 Å². The van der Waals surface area contributed by atoms with Gasteiger partial charge >= 0.3 is 0 Å². The van der Waals surface area contributed by atoms with Crippen LogP contribution in [-0.2, 0) is 10.3 Å². The van der Waals surface area contributed by atoms with Crippen LogP contribution in [0.4, 0.5) is 0 Å². The second-order valence-corrected chi connectivity index (χ2v) is 5.45. The molecule has 1 aromatic heterocycles. The average molecular weight is 263 g/mol. The molecule has 3 rings (SSSR count). The number of hydrogen-bond acceptors (Lipinski definition) is 4. The van der Waals surface area contributed by atoms with Crippen LogP contribution in [0.25, 0.3) is 0 Å². The SMILES string of the molecule is O=C(NCCC1(n2ccnc2)CC1)[C@H]1CNCCN1. The maximum atomic E-state index is 12.0. The van der Waals surface area contributed by atoms with Crippen molar-refractivity contribution >= 4 is 5.91 Å². The summed E-state index contributed by atoms with van der Waals surface area (Å²) >= 11 is 0. The summed E-state index contributed by atoms with van der Waals surface area (Å²) in [7, 11) is 0. The lowest BCUT2D eigenvalue weighted by molar-refractivity contribution is -0.123. The Morgan fingerprint density at radius 3 is 3.00 bits per heavy atom. The van der Waals surface area contributed by atoms with Crippen molar-refractivity contribution in [1.82, 2.24) is 25.5 Å². The zero-order valence-electron chi connectivity index (χ0n) is 11.1. The third kappa shape index (κ3) is 2.79. The Kier molecular flexibility index (Phi) is 3.52. The van der Waals surface area contributed by atoms with Gasteiger partial charge in [-0.15, -0.1) is 0 Å². The van der Waals surface area contributed by atoms with Crippen LogP contribution < -0.4 is 16.0 Å². The van der Waals surface area contributed by atoms with Gasteiger partial charge in [0.15, 0.2) is 0 Å². The van der Waals surface area contributed by atoms with Gasteiger partial charge in [0, 0.05) is 44.1 Å². The Labute approximate surface area is 113 Å². The summed E-state index contributed by atoms with van der Waals surface area (Å²) in [4.78, 5) is 16.1. The molecule has 0 bridgehead atoms. The Bertz CT molecular complexity index is 420. The molecule has 1 aliphatic heterocycles. The second-order valence-electron chi connectivity index (χ2n) is 5.45. The van der Waals surface area contributed by atoms with Crippen molar-refractivity contribution in [2.75, 3.05) is 26.2 Å². The monoisotopic (exact) mass is 263 g/mol. The summed E-state index contributed by atoms with van der Waals surface area (Å²) in [6, 6.07) is -0.0860. The van der Waals surface area contributed by atoms with Crippen molar-refractivity contribution in [2.24, 2.45) is 0 Å². The molecular weight excluding hydrogens is 242 g/mol. The zero-order chi connectivity index (χ0) is 13.1. The minimum atomic E-state index is -0.0860. The lowest BCUT2D eigenvalue weighted by Crippen LogP contribution is -2.55. The van der Waals surface area contributed by atoms with Crippen LogP contribution in [0.5, 0.6) is 0 Å². The van der Waals surface area contributed by atoms with Crippen LogP contribution in [0.1, 0.15) is 19.3 Å². The standard InChI is InChI=1S/C13H21N5O/c19-12(11-9-14-5-6-16-11)17-4-3-13(1-2-13)18-8-7-15-10-18/h7-8,10-11,14,16H,1-6,9H2,(H,17,19)/t11-/m1/s1. The normalized spacial score (nSPS) is 24.9. The van der Waals surface area contributed by atoms with Gasteiger partial charge < -0.3 is 20.5 Å². The molecule has 0 radical (unpaired) electrons. The third-order valence-electron chi connectivity index (χ3n) is 4.13. The molecule has 1 aromatic rings. The number of imidazole rings is 1. The van der Waals surface area contributed by atoms with E-state index < -0.39 is 0 Å². The van der Waals surface area contributed by atoms with Gasteiger partial charge in [0.25, 0.3) is 0 Å². The minimum Gasteiger partial charge on any atom is -0.355 e. The van der Waals surface area contributed by atoms with Crippen molar-refractivity contribution in [1.29, 1.82) is 0 Å². The van der Waals surface area contributed by atoms with E-state index in [4.69, 9.17) is 0 Å². The van der Waals surface area contributed by atoms with E-state index in [1.54, 1.807) is 0 Å². The summed E-state index contributed by atoms with van der Waals surface area (Å²) in [5.74, 6) is 0.105. The summed E-state index contributed by atoms with van der Waals surface area (Å²) in [5, 5.41) is 9.48. The van der Waals surface area contributed by atoms with Crippen LogP contribution in [0.3, 0.4) is 0 Å². The molecule has 0 aromatic carbocycles. The molecule has 2 aliphatic rings. The highest BCUT2D eigenvalue weighted by Gasteiger charge is 2.43. The van der Waals surface area contributed by atoms with E-state index in [1.165, 1.54) is 12.8 Å². The average Bonchev–Trinajstić information content (AvgIpc) is 3.03. The van der Waals surface area contributed by atoms with Gasteiger partial charge in [-0.1, -0.05) is 0 Å². The topological polar surface area (TPSA) is 71.0 Å². The van der Waals surface area contributed by atoms with Crippen LogP contribution in [0, 0.1) is 0 Å². The predicted molar refractivity (Wildman–Crippen MR) is 71.7 cm³/mol. The van der Waals surface area contributed by atoms with Crippen molar-refractivity contribution in [3.8, 4) is 0 Å². The van der Waals surface area contributed by atoms with Crippen LogP contribution >= 0.6 is 0 Å². The fourth-order valence-electron chi connectivity index (χ4n) is 2.70. The molecule has 2 heterocycles. The fraction of sp³-hybridized carbons (Fsp3) is 0.692. The molecule has 1 atom stereocenters. The molecule has 0 unspecified atom stereocenters. The van der Waals surface area contributed by atoms with E-state index in [0.717, 1.165) is 32.6 Å². The molecule has 104 valence electrons. The van der Waals surface area contributed by atoms with E-state index in [-0.39, 0.29) is 17.5 Å².